The summed E-state index contributed by atoms with van der Waals surface area (Å²) in [6, 6.07) is 6.38. The third-order valence-corrected chi connectivity index (χ3v) is 2.18. The number of rotatable bonds is 3. The first-order valence-corrected chi connectivity index (χ1v) is 4.63. The average Bonchev–Trinajstić information content (AvgIpc) is 2.81. The van der Waals surface area contributed by atoms with Crippen LogP contribution in [0.3, 0.4) is 0 Å². The molecule has 1 heterocycles. The number of nitrogens with zero attached hydrogens (tertiary/aromatic N) is 2. The van der Waals surface area contributed by atoms with Crippen LogP contribution in [-0.4, -0.2) is 28.0 Å². The molecule has 16 heavy (non-hydrogen) atoms. The molecule has 82 valence electrons. The Balaban J connectivity index is 2.56. The Morgan fingerprint density at radius 2 is 2.31 bits per heavy atom. The minimum absolute atomic E-state index is 0.200. The maximum atomic E-state index is 10.9. The molecule has 5 nitrogen and oxygen atoms in total. The first kappa shape index (κ1) is 10.2. The lowest BCUT2D eigenvalue weighted by Crippen LogP contribution is -2.02. The first-order valence-electron chi connectivity index (χ1n) is 4.63. The fourth-order valence-corrected chi connectivity index (χ4v) is 1.41. The van der Waals surface area contributed by atoms with Crippen LogP contribution in [0.1, 0.15) is 10.4 Å². The molecule has 0 aliphatic carbocycles. The first-order chi connectivity index (χ1) is 7.72. The van der Waals surface area contributed by atoms with E-state index in [1.807, 2.05) is 0 Å². The van der Waals surface area contributed by atoms with Crippen molar-refractivity contribution in [2.45, 2.75) is 0 Å². The van der Waals surface area contributed by atoms with Crippen molar-refractivity contribution < 1.29 is 14.6 Å². The molecule has 0 spiro atoms. The number of methoxy groups -OCH3 is 1. The molecule has 0 fully saturated rings. The van der Waals surface area contributed by atoms with Crippen molar-refractivity contribution in [3.8, 4) is 11.4 Å². The molecule has 0 bridgehead atoms. The van der Waals surface area contributed by atoms with E-state index in [1.54, 1.807) is 29.2 Å². The highest BCUT2D eigenvalue weighted by atomic mass is 16.5. The van der Waals surface area contributed by atoms with Gasteiger partial charge in [0.2, 0.25) is 0 Å². The van der Waals surface area contributed by atoms with Gasteiger partial charge in [0.25, 0.3) is 0 Å². The maximum absolute atomic E-state index is 10.9. The van der Waals surface area contributed by atoms with Crippen molar-refractivity contribution in [3.05, 3.63) is 42.2 Å². The molecule has 0 saturated carbocycles. The average molecular weight is 218 g/mol. The molecule has 0 atom stereocenters. The summed E-state index contributed by atoms with van der Waals surface area (Å²) >= 11 is 0. The van der Waals surface area contributed by atoms with E-state index in [-0.39, 0.29) is 5.56 Å². The quantitative estimate of drug-likeness (QED) is 0.849. The Kier molecular flexibility index (Phi) is 2.59. The van der Waals surface area contributed by atoms with Crippen molar-refractivity contribution in [1.29, 1.82) is 0 Å². The van der Waals surface area contributed by atoms with Crippen LogP contribution in [0.2, 0.25) is 0 Å². The van der Waals surface area contributed by atoms with Crippen molar-refractivity contribution in [3.63, 3.8) is 0 Å². The van der Waals surface area contributed by atoms with Gasteiger partial charge in [0, 0.05) is 12.4 Å². The summed E-state index contributed by atoms with van der Waals surface area (Å²) in [5.74, 6) is -0.398. The van der Waals surface area contributed by atoms with E-state index >= 15 is 0 Å². The molecule has 0 aliphatic heterocycles. The second-order valence-electron chi connectivity index (χ2n) is 3.14. The Bertz CT molecular complexity index is 506. The standard InChI is InChI=1S/C11H10N2O3/c1-16-10-4-3-8(11(14)15)7-9(10)13-6-2-5-12-13/h2-7H,1H3,(H,14,15). The summed E-state index contributed by atoms with van der Waals surface area (Å²) in [6.45, 7) is 0. The number of aromatic nitrogens is 2. The molecule has 0 radical (unpaired) electrons. The number of hydrogen-bond acceptors (Lipinski definition) is 3. The maximum Gasteiger partial charge on any atom is 0.335 e. The van der Waals surface area contributed by atoms with Crippen molar-refractivity contribution in [1.82, 2.24) is 9.78 Å². The Morgan fingerprint density at radius 3 is 2.88 bits per heavy atom. The summed E-state index contributed by atoms with van der Waals surface area (Å²) in [7, 11) is 1.53. The summed E-state index contributed by atoms with van der Waals surface area (Å²) in [6.07, 6.45) is 3.34. The minimum Gasteiger partial charge on any atom is -0.494 e. The zero-order valence-electron chi connectivity index (χ0n) is 8.62. The molecule has 5 heteroatoms. The molecule has 0 aliphatic rings. The second kappa shape index (κ2) is 4.06. The van der Waals surface area contributed by atoms with E-state index in [0.717, 1.165) is 0 Å². The number of aromatic carboxylic acids is 1. The van der Waals surface area contributed by atoms with Gasteiger partial charge in [-0.05, 0) is 24.3 Å². The van der Waals surface area contributed by atoms with Gasteiger partial charge in [-0.15, -0.1) is 0 Å². The predicted octanol–water partition coefficient (Wildman–Crippen LogP) is 1.58. The fourth-order valence-electron chi connectivity index (χ4n) is 1.41. The minimum atomic E-state index is -0.976. The number of hydrogen-bond donors (Lipinski definition) is 1. The van der Waals surface area contributed by atoms with Gasteiger partial charge in [-0.3, -0.25) is 0 Å². The zero-order valence-corrected chi connectivity index (χ0v) is 8.62. The molecule has 1 N–H and O–H groups in total. The SMILES string of the molecule is COc1ccc(C(=O)O)cc1-n1cccn1. The number of carbonyl (C=O) groups is 1. The molecule has 0 amide bonds. The van der Waals surface area contributed by atoms with Crippen molar-refractivity contribution in [2.24, 2.45) is 0 Å². The second-order valence-corrected chi connectivity index (χ2v) is 3.14. The highest BCUT2D eigenvalue weighted by Crippen LogP contribution is 2.23. The van der Waals surface area contributed by atoms with Gasteiger partial charge in [0.05, 0.1) is 12.7 Å². The van der Waals surface area contributed by atoms with Crippen molar-refractivity contribution >= 4 is 5.97 Å². The third kappa shape index (κ3) is 1.75. The van der Waals surface area contributed by atoms with Crippen molar-refractivity contribution in [2.75, 3.05) is 7.11 Å². The molecule has 1 aromatic carbocycles. The summed E-state index contributed by atoms with van der Waals surface area (Å²) in [5, 5.41) is 12.9. The number of benzene rings is 1. The van der Waals surface area contributed by atoms with E-state index in [2.05, 4.69) is 5.10 Å². The van der Waals surface area contributed by atoms with E-state index in [1.165, 1.54) is 19.2 Å². The van der Waals surface area contributed by atoms with Crippen LogP contribution in [-0.2, 0) is 0 Å². The lowest BCUT2D eigenvalue weighted by atomic mass is 10.2. The highest BCUT2D eigenvalue weighted by molar-refractivity contribution is 5.88. The summed E-state index contributed by atoms with van der Waals surface area (Å²) in [5.41, 5.74) is 0.804. The zero-order chi connectivity index (χ0) is 11.5. The van der Waals surface area contributed by atoms with Gasteiger partial charge in [-0.1, -0.05) is 0 Å². The Labute approximate surface area is 91.9 Å². The molecule has 1 aromatic heterocycles. The van der Waals surface area contributed by atoms with Gasteiger partial charge < -0.3 is 9.84 Å². The van der Waals surface area contributed by atoms with Gasteiger partial charge in [0.15, 0.2) is 0 Å². The van der Waals surface area contributed by atoms with E-state index < -0.39 is 5.97 Å². The summed E-state index contributed by atoms with van der Waals surface area (Å²) < 4.78 is 6.71. The van der Waals surface area contributed by atoms with Crippen LogP contribution >= 0.6 is 0 Å². The predicted molar refractivity (Wildman–Crippen MR) is 57.1 cm³/mol. The topological polar surface area (TPSA) is 64.3 Å². The highest BCUT2D eigenvalue weighted by Gasteiger charge is 2.10. The van der Waals surface area contributed by atoms with Crippen LogP contribution < -0.4 is 4.74 Å². The normalized spacial score (nSPS) is 10.1. The van der Waals surface area contributed by atoms with E-state index in [4.69, 9.17) is 9.84 Å². The van der Waals surface area contributed by atoms with Gasteiger partial charge in [-0.25, -0.2) is 9.48 Å². The van der Waals surface area contributed by atoms with Crippen LogP contribution in [0.25, 0.3) is 5.69 Å². The van der Waals surface area contributed by atoms with Crippen LogP contribution in [0, 0.1) is 0 Å². The van der Waals surface area contributed by atoms with Gasteiger partial charge in [0.1, 0.15) is 11.4 Å². The lowest BCUT2D eigenvalue weighted by molar-refractivity contribution is 0.0697. The van der Waals surface area contributed by atoms with E-state index in [0.29, 0.717) is 11.4 Å². The number of ether oxygens (including phenoxy) is 1. The lowest BCUT2D eigenvalue weighted by Gasteiger charge is -2.08. The summed E-state index contributed by atoms with van der Waals surface area (Å²) in [4.78, 5) is 10.9. The molecule has 2 aromatic rings. The van der Waals surface area contributed by atoms with Crippen LogP contribution in [0.5, 0.6) is 5.75 Å². The third-order valence-electron chi connectivity index (χ3n) is 2.18. The van der Waals surface area contributed by atoms with E-state index in [9.17, 15) is 4.79 Å². The Hall–Kier alpha value is -2.30. The molecule has 2 rings (SSSR count). The smallest absolute Gasteiger partial charge is 0.335 e. The van der Waals surface area contributed by atoms with Crippen LogP contribution in [0.4, 0.5) is 0 Å². The number of carboxylic acid groups (broad SMARTS) is 1. The molecular formula is C11H10N2O3. The van der Waals surface area contributed by atoms with Gasteiger partial charge in [-0.2, -0.15) is 5.10 Å². The molecular weight excluding hydrogens is 208 g/mol. The largest absolute Gasteiger partial charge is 0.494 e. The van der Waals surface area contributed by atoms with Gasteiger partial charge >= 0.3 is 5.97 Å². The number of carboxylic acids is 1. The Morgan fingerprint density at radius 1 is 1.50 bits per heavy atom. The molecule has 0 unspecified atom stereocenters. The molecule has 0 saturated heterocycles. The monoisotopic (exact) mass is 218 g/mol. The van der Waals surface area contributed by atoms with Crippen LogP contribution in [0.15, 0.2) is 36.7 Å². The fraction of sp³-hybridized carbons (Fsp3) is 0.0909.